The zero-order valence-electron chi connectivity index (χ0n) is 9.84. The Labute approximate surface area is 91.3 Å². The number of carbonyl (C=O) groups is 1. The molecule has 1 aliphatic heterocycles. The summed E-state index contributed by atoms with van der Waals surface area (Å²) in [5, 5.41) is 3.10. The minimum atomic E-state index is -0.169. The van der Waals surface area contributed by atoms with E-state index >= 15 is 0 Å². The van der Waals surface area contributed by atoms with Crippen LogP contribution >= 0.6 is 0 Å². The molecular weight excluding hydrogens is 194 g/mol. The van der Waals surface area contributed by atoms with E-state index in [9.17, 15) is 4.79 Å². The van der Waals surface area contributed by atoms with Gasteiger partial charge in [-0.15, -0.1) is 0 Å². The smallest absolute Gasteiger partial charge is 0.323 e. The fourth-order valence-electron chi connectivity index (χ4n) is 1.48. The van der Waals surface area contributed by atoms with E-state index in [1.165, 1.54) is 0 Å². The van der Waals surface area contributed by atoms with E-state index in [2.05, 4.69) is 5.32 Å². The van der Waals surface area contributed by atoms with Gasteiger partial charge in [0.25, 0.3) is 0 Å². The highest BCUT2D eigenvalue weighted by molar-refractivity contribution is 5.76. The minimum absolute atomic E-state index is 0.0976. The Morgan fingerprint density at radius 1 is 1.40 bits per heavy atom. The maximum absolute atomic E-state index is 11.4. The lowest BCUT2D eigenvalue weighted by molar-refractivity contribution is -0.148. The van der Waals surface area contributed by atoms with Crippen LogP contribution < -0.4 is 5.32 Å². The molecule has 1 N–H and O–H groups in total. The van der Waals surface area contributed by atoms with Gasteiger partial charge >= 0.3 is 5.97 Å². The predicted octanol–water partition coefficient (Wildman–Crippen LogP) is 1.10. The van der Waals surface area contributed by atoms with Gasteiger partial charge in [0.05, 0.1) is 12.2 Å². The van der Waals surface area contributed by atoms with Crippen LogP contribution in [0.2, 0.25) is 0 Å². The third-order valence-corrected chi connectivity index (χ3v) is 2.21. The molecule has 1 aliphatic rings. The first-order valence-electron chi connectivity index (χ1n) is 5.53. The summed E-state index contributed by atoms with van der Waals surface area (Å²) in [4.78, 5) is 11.4. The lowest BCUT2D eigenvalue weighted by Gasteiger charge is -2.19. The van der Waals surface area contributed by atoms with Crippen LogP contribution in [-0.2, 0) is 14.3 Å². The monoisotopic (exact) mass is 215 g/mol. The molecule has 0 radical (unpaired) electrons. The second kappa shape index (κ2) is 5.47. The molecule has 0 aliphatic carbocycles. The Bertz CT molecular complexity index is 204. The van der Waals surface area contributed by atoms with E-state index in [4.69, 9.17) is 9.47 Å². The van der Waals surface area contributed by atoms with E-state index in [1.54, 1.807) is 0 Å². The lowest BCUT2D eigenvalue weighted by Crippen LogP contribution is -2.33. The van der Waals surface area contributed by atoms with E-state index in [0.29, 0.717) is 13.2 Å². The van der Waals surface area contributed by atoms with Gasteiger partial charge in [0.15, 0.2) is 0 Å². The first-order valence-corrected chi connectivity index (χ1v) is 5.53. The Morgan fingerprint density at radius 2 is 2.13 bits per heavy atom. The second-order valence-electron chi connectivity index (χ2n) is 4.78. The molecule has 1 saturated heterocycles. The van der Waals surface area contributed by atoms with Crippen LogP contribution in [0.1, 0.15) is 33.6 Å². The first-order chi connectivity index (χ1) is 6.99. The van der Waals surface area contributed by atoms with Gasteiger partial charge in [-0.3, -0.25) is 4.79 Å². The summed E-state index contributed by atoms with van der Waals surface area (Å²) in [5.41, 5.74) is -0.169. The number of hydrogen-bond donors (Lipinski definition) is 1. The van der Waals surface area contributed by atoms with Crippen molar-refractivity contribution < 1.29 is 14.3 Å². The number of esters is 1. The zero-order valence-corrected chi connectivity index (χ0v) is 9.84. The van der Waals surface area contributed by atoms with Crippen molar-refractivity contribution in [2.24, 2.45) is 0 Å². The van der Waals surface area contributed by atoms with Crippen molar-refractivity contribution in [2.75, 3.05) is 19.8 Å². The van der Waals surface area contributed by atoms with E-state index in [0.717, 1.165) is 19.4 Å². The van der Waals surface area contributed by atoms with Crippen LogP contribution in [0.4, 0.5) is 0 Å². The van der Waals surface area contributed by atoms with Crippen molar-refractivity contribution in [1.82, 2.24) is 5.32 Å². The molecular formula is C11H21NO3. The molecule has 0 aromatic rings. The molecule has 1 atom stereocenters. The fraction of sp³-hybridized carbons (Fsp3) is 0.909. The van der Waals surface area contributed by atoms with Gasteiger partial charge < -0.3 is 14.8 Å². The van der Waals surface area contributed by atoms with Crippen molar-refractivity contribution >= 4 is 5.97 Å². The van der Waals surface area contributed by atoms with Gasteiger partial charge in [0, 0.05) is 0 Å². The van der Waals surface area contributed by atoms with Gasteiger partial charge in [-0.05, 0) is 40.2 Å². The van der Waals surface area contributed by atoms with Crippen molar-refractivity contribution in [1.29, 1.82) is 0 Å². The maximum atomic E-state index is 11.4. The number of rotatable bonds is 4. The highest BCUT2D eigenvalue weighted by Crippen LogP contribution is 2.08. The van der Waals surface area contributed by atoms with Crippen LogP contribution in [-0.4, -0.2) is 37.4 Å². The van der Waals surface area contributed by atoms with Gasteiger partial charge in [-0.2, -0.15) is 0 Å². The van der Waals surface area contributed by atoms with E-state index in [1.807, 2.05) is 20.8 Å². The number of hydrogen-bond acceptors (Lipinski definition) is 4. The molecule has 0 unspecified atom stereocenters. The molecule has 1 rings (SSSR count). The van der Waals surface area contributed by atoms with Gasteiger partial charge in [0.1, 0.15) is 12.6 Å². The molecule has 15 heavy (non-hydrogen) atoms. The summed E-state index contributed by atoms with van der Waals surface area (Å²) >= 11 is 0. The van der Waals surface area contributed by atoms with Gasteiger partial charge in [-0.1, -0.05) is 0 Å². The fourth-order valence-corrected chi connectivity index (χ4v) is 1.48. The highest BCUT2D eigenvalue weighted by Gasteiger charge is 2.23. The van der Waals surface area contributed by atoms with Crippen LogP contribution in [0.3, 0.4) is 0 Å². The summed E-state index contributed by atoms with van der Waals surface area (Å²) in [6.45, 7) is 7.66. The molecule has 0 aromatic heterocycles. The topological polar surface area (TPSA) is 47.6 Å². The summed E-state index contributed by atoms with van der Waals surface area (Å²) in [6, 6.07) is -0.0976. The Balaban J connectivity index is 2.07. The quantitative estimate of drug-likeness (QED) is 0.563. The molecule has 0 amide bonds. The Morgan fingerprint density at radius 3 is 2.67 bits per heavy atom. The molecule has 4 heteroatoms. The van der Waals surface area contributed by atoms with Crippen LogP contribution in [0.5, 0.6) is 0 Å². The van der Waals surface area contributed by atoms with Crippen molar-refractivity contribution in [3.63, 3.8) is 0 Å². The molecule has 4 nitrogen and oxygen atoms in total. The molecule has 0 saturated carbocycles. The summed E-state index contributed by atoms with van der Waals surface area (Å²) in [7, 11) is 0. The average molecular weight is 215 g/mol. The normalized spacial score (nSPS) is 21.7. The first kappa shape index (κ1) is 12.5. The Kier molecular flexibility index (Phi) is 4.54. The number of ether oxygens (including phenoxy) is 2. The summed E-state index contributed by atoms with van der Waals surface area (Å²) < 4.78 is 10.5. The summed E-state index contributed by atoms with van der Waals surface area (Å²) in [6.07, 6.45) is 1.94. The van der Waals surface area contributed by atoms with E-state index < -0.39 is 0 Å². The largest absolute Gasteiger partial charge is 0.462 e. The van der Waals surface area contributed by atoms with Gasteiger partial charge in [0.2, 0.25) is 0 Å². The second-order valence-corrected chi connectivity index (χ2v) is 4.78. The van der Waals surface area contributed by atoms with E-state index in [-0.39, 0.29) is 17.6 Å². The highest BCUT2D eigenvalue weighted by atomic mass is 16.6. The van der Waals surface area contributed by atoms with Gasteiger partial charge in [-0.25, -0.2) is 0 Å². The lowest BCUT2D eigenvalue weighted by atomic mass is 10.2. The van der Waals surface area contributed by atoms with Crippen LogP contribution in [0, 0.1) is 0 Å². The molecule has 1 heterocycles. The molecule has 0 spiro atoms. The molecule has 0 aromatic carbocycles. The minimum Gasteiger partial charge on any atom is -0.462 e. The third-order valence-electron chi connectivity index (χ3n) is 2.21. The standard InChI is InChI=1S/C11H21NO3/c1-11(2,3)15-8-7-14-10(13)9-5-4-6-12-9/h9,12H,4-8H2,1-3H3/t9-/m1/s1. The van der Waals surface area contributed by atoms with Crippen molar-refractivity contribution in [3.8, 4) is 0 Å². The zero-order chi connectivity index (χ0) is 11.3. The summed E-state index contributed by atoms with van der Waals surface area (Å²) in [5.74, 6) is -0.148. The average Bonchev–Trinajstić information content (AvgIpc) is 2.63. The third kappa shape index (κ3) is 5.14. The van der Waals surface area contributed by atoms with Crippen molar-refractivity contribution in [3.05, 3.63) is 0 Å². The molecule has 1 fully saturated rings. The maximum Gasteiger partial charge on any atom is 0.323 e. The molecule has 0 bridgehead atoms. The van der Waals surface area contributed by atoms with Crippen molar-refractivity contribution in [2.45, 2.75) is 45.3 Å². The number of carbonyl (C=O) groups excluding carboxylic acids is 1. The van der Waals surface area contributed by atoms with Crippen LogP contribution in [0.15, 0.2) is 0 Å². The SMILES string of the molecule is CC(C)(C)OCCOC(=O)[C@H]1CCCN1. The predicted molar refractivity (Wildman–Crippen MR) is 57.7 cm³/mol. The van der Waals surface area contributed by atoms with Crippen LogP contribution in [0.25, 0.3) is 0 Å². The Hall–Kier alpha value is -0.610. The number of nitrogens with one attached hydrogen (secondary N) is 1. The molecule has 88 valence electrons.